The van der Waals surface area contributed by atoms with E-state index < -0.39 is 11.6 Å². The third kappa shape index (κ3) is 4.94. The van der Waals surface area contributed by atoms with Crippen LogP contribution >= 0.6 is 0 Å². The van der Waals surface area contributed by atoms with Crippen molar-refractivity contribution in [2.24, 2.45) is 5.92 Å². The number of unbranched alkanes of at least 4 members (excludes halogenated alkanes) is 1. The van der Waals surface area contributed by atoms with E-state index in [1.807, 2.05) is 24.3 Å². The van der Waals surface area contributed by atoms with Crippen LogP contribution in [0.15, 0.2) is 36.4 Å². The first-order chi connectivity index (χ1) is 18.5. The number of carbonyl (C=O) groups is 2. The molecule has 5 rings (SSSR count). The Kier molecular flexibility index (Phi) is 7.82. The maximum Gasteiger partial charge on any atom is 0.254 e. The van der Waals surface area contributed by atoms with Crippen LogP contribution in [0.4, 0.5) is 0 Å². The molecule has 0 spiro atoms. The summed E-state index contributed by atoms with van der Waals surface area (Å²) >= 11 is 0. The lowest BCUT2D eigenvalue weighted by atomic mass is 9.86. The molecule has 1 fully saturated rings. The second kappa shape index (κ2) is 11.4. The molecule has 0 amide bonds. The van der Waals surface area contributed by atoms with E-state index in [-0.39, 0.29) is 5.69 Å². The molecule has 7 heteroatoms. The summed E-state index contributed by atoms with van der Waals surface area (Å²) < 4.78 is 18.7. The number of ketones is 2. The molecule has 0 atom stereocenters. The fourth-order valence-corrected chi connectivity index (χ4v) is 6.02. The molecule has 3 aromatic rings. The standard InChI is InChI=1S/C31H36N2O5/c1-36-24-17-21(18-25(37-2)31(24)38-3)19-26-32-27-28(22-14-7-8-15-23(22)29(34)30(27)35)33(26)16-10-9-13-20-11-5-4-6-12-20/h7-8,14-15,17-18,20H,4-6,9-13,16,19H2,1-3H3. The van der Waals surface area contributed by atoms with E-state index in [4.69, 9.17) is 19.2 Å². The van der Waals surface area contributed by atoms with Crippen LogP contribution in [0.2, 0.25) is 0 Å². The van der Waals surface area contributed by atoms with E-state index in [2.05, 4.69) is 4.57 Å². The molecule has 0 aliphatic heterocycles. The second-order valence-electron chi connectivity index (χ2n) is 10.3. The highest BCUT2D eigenvalue weighted by Gasteiger charge is 2.35. The van der Waals surface area contributed by atoms with Crippen molar-refractivity contribution in [2.45, 2.75) is 64.3 Å². The van der Waals surface area contributed by atoms with Gasteiger partial charge in [-0.25, -0.2) is 4.98 Å². The van der Waals surface area contributed by atoms with E-state index in [1.165, 1.54) is 38.5 Å². The van der Waals surface area contributed by atoms with Gasteiger partial charge in [-0.1, -0.05) is 69.2 Å². The molecule has 2 aliphatic rings. The van der Waals surface area contributed by atoms with Crippen LogP contribution in [0.5, 0.6) is 17.2 Å². The predicted molar refractivity (Wildman–Crippen MR) is 146 cm³/mol. The number of methoxy groups -OCH3 is 3. The molecular formula is C31H36N2O5. The third-order valence-corrected chi connectivity index (χ3v) is 7.95. The Hall–Kier alpha value is -3.61. The van der Waals surface area contributed by atoms with Crippen molar-refractivity contribution in [3.63, 3.8) is 0 Å². The Morgan fingerprint density at radius 2 is 1.55 bits per heavy atom. The highest BCUT2D eigenvalue weighted by Crippen LogP contribution is 2.40. The lowest BCUT2D eigenvalue weighted by Gasteiger charge is -2.22. The van der Waals surface area contributed by atoms with Crippen molar-refractivity contribution in [1.82, 2.24) is 9.55 Å². The van der Waals surface area contributed by atoms with Gasteiger partial charge in [0.05, 0.1) is 27.0 Å². The Morgan fingerprint density at radius 3 is 2.21 bits per heavy atom. The van der Waals surface area contributed by atoms with Crippen LogP contribution in [0.3, 0.4) is 0 Å². The number of imidazole rings is 1. The van der Waals surface area contributed by atoms with Gasteiger partial charge in [-0.2, -0.15) is 0 Å². The molecule has 0 bridgehead atoms. The highest BCUT2D eigenvalue weighted by atomic mass is 16.5. The number of aromatic nitrogens is 2. The Balaban J connectivity index is 1.50. The zero-order valence-corrected chi connectivity index (χ0v) is 22.5. The molecule has 0 saturated heterocycles. The van der Waals surface area contributed by atoms with Crippen molar-refractivity contribution in [3.8, 4) is 28.5 Å². The van der Waals surface area contributed by atoms with E-state index >= 15 is 0 Å². The van der Waals surface area contributed by atoms with Crippen LogP contribution in [0, 0.1) is 5.92 Å². The van der Waals surface area contributed by atoms with Crippen molar-refractivity contribution in [1.29, 1.82) is 0 Å². The SMILES string of the molecule is COc1cc(Cc2nc3c(n2CCCCC2CCCCC2)-c2ccccc2C(=O)C3=O)cc(OC)c1OC. The van der Waals surface area contributed by atoms with Crippen molar-refractivity contribution >= 4 is 11.6 Å². The minimum absolute atomic E-state index is 0.253. The molecule has 38 heavy (non-hydrogen) atoms. The number of fused-ring (bicyclic) bond motifs is 3. The van der Waals surface area contributed by atoms with Gasteiger partial charge in [0.1, 0.15) is 11.5 Å². The number of nitrogens with zero attached hydrogens (tertiary/aromatic N) is 2. The minimum atomic E-state index is -0.536. The first-order valence-corrected chi connectivity index (χ1v) is 13.6. The number of rotatable bonds is 10. The summed E-state index contributed by atoms with van der Waals surface area (Å²) in [6.45, 7) is 0.741. The molecule has 1 aromatic heterocycles. The number of hydrogen-bond donors (Lipinski definition) is 0. The quantitative estimate of drug-likeness (QED) is 0.233. The van der Waals surface area contributed by atoms with Gasteiger partial charge in [0, 0.05) is 24.1 Å². The van der Waals surface area contributed by atoms with Gasteiger partial charge in [-0.15, -0.1) is 0 Å². The summed E-state index contributed by atoms with van der Waals surface area (Å²) in [6, 6.07) is 11.2. The molecule has 1 saturated carbocycles. The summed E-state index contributed by atoms with van der Waals surface area (Å²) in [7, 11) is 4.76. The summed E-state index contributed by atoms with van der Waals surface area (Å²) in [5, 5.41) is 0. The van der Waals surface area contributed by atoms with E-state index in [0.717, 1.165) is 47.9 Å². The summed E-state index contributed by atoms with van der Waals surface area (Å²) in [5.74, 6) is 2.21. The lowest BCUT2D eigenvalue weighted by molar-refractivity contribution is 0.0812. The molecule has 0 radical (unpaired) electrons. The number of benzene rings is 2. The number of ether oxygens (including phenoxy) is 3. The normalized spacial score (nSPS) is 15.2. The van der Waals surface area contributed by atoms with Gasteiger partial charge in [0.15, 0.2) is 11.5 Å². The summed E-state index contributed by atoms with van der Waals surface area (Å²) in [5.41, 5.74) is 3.15. The molecule has 7 nitrogen and oxygen atoms in total. The lowest BCUT2D eigenvalue weighted by Crippen LogP contribution is -2.22. The molecule has 2 aliphatic carbocycles. The average Bonchev–Trinajstić information content (AvgIpc) is 3.31. The maximum atomic E-state index is 13.1. The Labute approximate surface area is 224 Å². The van der Waals surface area contributed by atoms with Gasteiger partial charge in [0.25, 0.3) is 5.78 Å². The van der Waals surface area contributed by atoms with Crippen LogP contribution < -0.4 is 14.2 Å². The number of hydrogen-bond acceptors (Lipinski definition) is 6. The van der Waals surface area contributed by atoms with Crippen LogP contribution in [0.1, 0.15) is 83.6 Å². The predicted octanol–water partition coefficient (Wildman–Crippen LogP) is 6.30. The molecule has 200 valence electrons. The molecule has 0 unspecified atom stereocenters. The Bertz CT molecular complexity index is 1310. The molecule has 1 heterocycles. The largest absolute Gasteiger partial charge is 0.493 e. The van der Waals surface area contributed by atoms with E-state index in [1.54, 1.807) is 33.5 Å². The average molecular weight is 517 g/mol. The number of carbonyl (C=O) groups excluding carboxylic acids is 2. The zero-order valence-electron chi connectivity index (χ0n) is 22.5. The summed E-state index contributed by atoms with van der Waals surface area (Å²) in [4.78, 5) is 30.8. The highest BCUT2D eigenvalue weighted by molar-refractivity contribution is 6.52. The Morgan fingerprint density at radius 1 is 0.868 bits per heavy atom. The first-order valence-electron chi connectivity index (χ1n) is 13.6. The van der Waals surface area contributed by atoms with Crippen LogP contribution in [-0.4, -0.2) is 42.4 Å². The monoisotopic (exact) mass is 516 g/mol. The van der Waals surface area contributed by atoms with Crippen molar-refractivity contribution in [2.75, 3.05) is 21.3 Å². The topological polar surface area (TPSA) is 79.7 Å². The second-order valence-corrected chi connectivity index (χ2v) is 10.3. The van der Waals surface area contributed by atoms with Gasteiger partial charge in [0.2, 0.25) is 11.5 Å². The minimum Gasteiger partial charge on any atom is -0.493 e. The van der Waals surface area contributed by atoms with Crippen molar-refractivity contribution in [3.05, 3.63) is 59.0 Å². The zero-order chi connectivity index (χ0) is 26.6. The van der Waals surface area contributed by atoms with Crippen molar-refractivity contribution < 1.29 is 23.8 Å². The van der Waals surface area contributed by atoms with Crippen LogP contribution in [-0.2, 0) is 13.0 Å². The fourth-order valence-electron chi connectivity index (χ4n) is 6.02. The molecule has 2 aromatic carbocycles. The molecular weight excluding hydrogens is 480 g/mol. The van der Waals surface area contributed by atoms with Gasteiger partial charge in [-0.3, -0.25) is 9.59 Å². The van der Waals surface area contributed by atoms with E-state index in [0.29, 0.717) is 29.2 Å². The third-order valence-electron chi connectivity index (χ3n) is 7.95. The maximum absolute atomic E-state index is 13.1. The van der Waals surface area contributed by atoms with Crippen LogP contribution in [0.25, 0.3) is 11.3 Å². The van der Waals surface area contributed by atoms with Gasteiger partial charge >= 0.3 is 0 Å². The molecule has 0 N–H and O–H groups in total. The van der Waals surface area contributed by atoms with Gasteiger partial charge < -0.3 is 18.8 Å². The smallest absolute Gasteiger partial charge is 0.254 e. The summed E-state index contributed by atoms with van der Waals surface area (Å²) in [6.07, 6.45) is 10.6. The van der Waals surface area contributed by atoms with Gasteiger partial charge in [-0.05, 0) is 30.0 Å². The fraction of sp³-hybridized carbons (Fsp3) is 0.452. The first kappa shape index (κ1) is 26.0. The van der Waals surface area contributed by atoms with E-state index in [9.17, 15) is 9.59 Å². The number of Topliss-reactive ketones (excluding diaryl/α,β-unsaturated/α-hetero) is 2.